The number of hydrogen-bond donors (Lipinski definition) is 1. The topological polar surface area (TPSA) is 52.0 Å². The molecule has 2 aromatic rings. The molecule has 0 aliphatic heterocycles. The zero-order chi connectivity index (χ0) is 10.7. The molecule has 0 fully saturated rings. The molecule has 2 N–H and O–H groups in total. The van der Waals surface area contributed by atoms with Gasteiger partial charge in [-0.2, -0.15) is 0 Å². The molecule has 1 aromatic heterocycles. The molecule has 0 unspecified atom stereocenters. The molecule has 78 valence electrons. The summed E-state index contributed by atoms with van der Waals surface area (Å²) < 4.78 is 5.16. The second kappa shape index (κ2) is 4.28. The first-order chi connectivity index (χ1) is 7.29. The molecule has 1 aromatic carbocycles. The van der Waals surface area contributed by atoms with Crippen molar-refractivity contribution in [3.8, 4) is 0 Å². The Bertz CT molecular complexity index is 431. The lowest BCUT2D eigenvalue weighted by molar-refractivity contribution is 0.388. The van der Waals surface area contributed by atoms with Crippen molar-refractivity contribution in [3.05, 3.63) is 52.9 Å². The van der Waals surface area contributed by atoms with Gasteiger partial charge in [0, 0.05) is 18.5 Å². The van der Waals surface area contributed by atoms with E-state index in [0.717, 1.165) is 17.7 Å². The van der Waals surface area contributed by atoms with Crippen molar-refractivity contribution in [2.24, 2.45) is 5.73 Å². The second-order valence-corrected chi connectivity index (χ2v) is 3.64. The Morgan fingerprint density at radius 1 is 1.27 bits per heavy atom. The van der Waals surface area contributed by atoms with E-state index in [1.54, 1.807) is 6.20 Å². The monoisotopic (exact) mass is 202 g/mol. The highest BCUT2D eigenvalue weighted by molar-refractivity contribution is 5.27. The van der Waals surface area contributed by atoms with E-state index in [1.807, 2.05) is 0 Å². The van der Waals surface area contributed by atoms with Crippen LogP contribution in [0.4, 0.5) is 0 Å². The summed E-state index contributed by atoms with van der Waals surface area (Å²) in [4.78, 5) is 0. The molecule has 3 heteroatoms. The lowest BCUT2D eigenvalue weighted by atomic mass is 10.1. The largest absolute Gasteiger partial charge is 0.361 e. The van der Waals surface area contributed by atoms with Crippen molar-refractivity contribution in [2.45, 2.75) is 19.9 Å². The summed E-state index contributed by atoms with van der Waals surface area (Å²) in [5.74, 6) is 0.862. The molecular weight excluding hydrogens is 188 g/mol. The highest BCUT2D eigenvalue weighted by Crippen LogP contribution is 2.14. The third kappa shape index (κ3) is 2.25. The lowest BCUT2D eigenvalue weighted by Crippen LogP contribution is -1.98. The summed E-state index contributed by atoms with van der Waals surface area (Å²) in [6.45, 7) is 2.55. The van der Waals surface area contributed by atoms with Crippen molar-refractivity contribution < 1.29 is 4.52 Å². The number of hydrogen-bond acceptors (Lipinski definition) is 3. The van der Waals surface area contributed by atoms with Crippen molar-refractivity contribution in [1.29, 1.82) is 0 Å². The van der Waals surface area contributed by atoms with Gasteiger partial charge < -0.3 is 10.3 Å². The highest BCUT2D eigenvalue weighted by Gasteiger charge is 2.06. The molecular formula is C12H14N2O. The van der Waals surface area contributed by atoms with Crippen LogP contribution >= 0.6 is 0 Å². The Morgan fingerprint density at radius 2 is 2.00 bits per heavy atom. The van der Waals surface area contributed by atoms with Gasteiger partial charge in [0.15, 0.2) is 0 Å². The van der Waals surface area contributed by atoms with E-state index < -0.39 is 0 Å². The van der Waals surface area contributed by atoms with E-state index in [-0.39, 0.29) is 0 Å². The first-order valence-corrected chi connectivity index (χ1v) is 4.97. The molecule has 0 saturated heterocycles. The Hall–Kier alpha value is -1.61. The Balaban J connectivity index is 2.18. The van der Waals surface area contributed by atoms with E-state index >= 15 is 0 Å². The van der Waals surface area contributed by atoms with E-state index in [1.165, 1.54) is 11.1 Å². The second-order valence-electron chi connectivity index (χ2n) is 3.64. The fraction of sp³-hybridized carbons (Fsp3) is 0.250. The average molecular weight is 202 g/mol. The summed E-state index contributed by atoms with van der Waals surface area (Å²) in [6, 6.07) is 8.37. The van der Waals surface area contributed by atoms with Gasteiger partial charge in [-0.25, -0.2) is 0 Å². The first kappa shape index (κ1) is 9.93. The molecule has 0 bridgehead atoms. The van der Waals surface area contributed by atoms with Gasteiger partial charge in [-0.15, -0.1) is 0 Å². The fourth-order valence-corrected chi connectivity index (χ4v) is 1.49. The van der Waals surface area contributed by atoms with E-state index in [2.05, 4.69) is 36.3 Å². The van der Waals surface area contributed by atoms with Gasteiger partial charge in [0.2, 0.25) is 0 Å². The molecule has 3 nitrogen and oxygen atoms in total. The van der Waals surface area contributed by atoms with Crippen LogP contribution in [0.25, 0.3) is 0 Å². The summed E-state index contributed by atoms with van der Waals surface area (Å²) in [7, 11) is 0. The summed E-state index contributed by atoms with van der Waals surface area (Å²) >= 11 is 0. The van der Waals surface area contributed by atoms with Crippen LogP contribution in [0.5, 0.6) is 0 Å². The van der Waals surface area contributed by atoms with Crippen LogP contribution in [0.1, 0.15) is 22.5 Å². The molecule has 0 aliphatic rings. The molecule has 2 rings (SSSR count). The minimum absolute atomic E-state index is 0.477. The summed E-state index contributed by atoms with van der Waals surface area (Å²) in [6.07, 6.45) is 2.44. The van der Waals surface area contributed by atoms with Crippen LogP contribution < -0.4 is 5.73 Å². The normalized spacial score (nSPS) is 10.5. The van der Waals surface area contributed by atoms with E-state index in [0.29, 0.717) is 6.54 Å². The van der Waals surface area contributed by atoms with Gasteiger partial charge in [-0.05, 0) is 12.5 Å². The Kier molecular flexibility index (Phi) is 2.83. The van der Waals surface area contributed by atoms with E-state index in [4.69, 9.17) is 10.3 Å². The fourth-order valence-electron chi connectivity index (χ4n) is 1.49. The standard InChI is InChI=1S/C12H14N2O/c1-9-2-4-10(5-3-9)6-12-11(7-13)8-14-15-12/h2-5,8H,6-7,13H2,1H3. The highest BCUT2D eigenvalue weighted by atomic mass is 16.5. The maximum absolute atomic E-state index is 5.57. The van der Waals surface area contributed by atoms with Gasteiger partial charge in [-0.3, -0.25) is 0 Å². The van der Waals surface area contributed by atoms with Gasteiger partial charge in [0.25, 0.3) is 0 Å². The minimum atomic E-state index is 0.477. The van der Waals surface area contributed by atoms with Crippen molar-refractivity contribution >= 4 is 0 Å². The predicted octanol–water partition coefficient (Wildman–Crippen LogP) is 2.03. The van der Waals surface area contributed by atoms with Gasteiger partial charge >= 0.3 is 0 Å². The number of aryl methyl sites for hydroxylation is 1. The number of aromatic nitrogens is 1. The molecule has 1 heterocycles. The lowest BCUT2D eigenvalue weighted by Gasteiger charge is -2.00. The number of nitrogens with zero attached hydrogens (tertiary/aromatic N) is 1. The summed E-state index contributed by atoms with van der Waals surface area (Å²) in [5.41, 5.74) is 9.03. The van der Waals surface area contributed by atoms with Crippen LogP contribution in [0, 0.1) is 6.92 Å². The van der Waals surface area contributed by atoms with Crippen molar-refractivity contribution in [3.63, 3.8) is 0 Å². The van der Waals surface area contributed by atoms with Crippen LogP contribution in [0.2, 0.25) is 0 Å². The zero-order valence-electron chi connectivity index (χ0n) is 8.73. The molecule has 0 radical (unpaired) electrons. The molecule has 0 aliphatic carbocycles. The van der Waals surface area contributed by atoms with Gasteiger partial charge in [-0.1, -0.05) is 35.0 Å². The van der Waals surface area contributed by atoms with Gasteiger partial charge in [0.05, 0.1) is 6.20 Å². The predicted molar refractivity (Wildman–Crippen MR) is 58.4 cm³/mol. The maximum Gasteiger partial charge on any atom is 0.145 e. The smallest absolute Gasteiger partial charge is 0.145 e. The minimum Gasteiger partial charge on any atom is -0.361 e. The molecule has 0 amide bonds. The van der Waals surface area contributed by atoms with Crippen LogP contribution in [-0.2, 0) is 13.0 Å². The molecule has 15 heavy (non-hydrogen) atoms. The Morgan fingerprint density at radius 3 is 2.67 bits per heavy atom. The first-order valence-electron chi connectivity index (χ1n) is 4.97. The third-order valence-corrected chi connectivity index (χ3v) is 2.43. The maximum atomic E-state index is 5.57. The van der Waals surface area contributed by atoms with Crippen LogP contribution in [0.15, 0.2) is 35.0 Å². The van der Waals surface area contributed by atoms with Gasteiger partial charge in [0.1, 0.15) is 5.76 Å². The molecule has 0 saturated carbocycles. The van der Waals surface area contributed by atoms with Crippen LogP contribution in [0.3, 0.4) is 0 Å². The Labute approximate surface area is 88.9 Å². The number of benzene rings is 1. The quantitative estimate of drug-likeness (QED) is 0.828. The number of rotatable bonds is 3. The van der Waals surface area contributed by atoms with Crippen molar-refractivity contribution in [2.75, 3.05) is 0 Å². The third-order valence-electron chi connectivity index (χ3n) is 2.43. The average Bonchev–Trinajstić information content (AvgIpc) is 2.69. The molecule has 0 spiro atoms. The summed E-state index contributed by atoms with van der Waals surface area (Å²) in [5, 5.41) is 3.75. The molecule has 0 atom stereocenters. The van der Waals surface area contributed by atoms with E-state index in [9.17, 15) is 0 Å². The zero-order valence-corrected chi connectivity index (χ0v) is 8.73. The SMILES string of the molecule is Cc1ccc(Cc2oncc2CN)cc1. The van der Waals surface area contributed by atoms with Crippen LogP contribution in [-0.4, -0.2) is 5.16 Å². The van der Waals surface area contributed by atoms with Crippen molar-refractivity contribution in [1.82, 2.24) is 5.16 Å². The number of nitrogens with two attached hydrogens (primary N) is 1.